The van der Waals surface area contributed by atoms with E-state index in [4.69, 9.17) is 9.72 Å². The number of rotatable bonds is 6. The standard InChI is InChI=1S/C24H33N5O2/c1-19-18-22(27-12-4-3-5-13-27)26-24(25-19)29-16-14-28(15-17-29)23(30)11-8-20-6-9-21(31-2)10-7-20/h6-7,9-10,18H,3-5,8,11-17H2,1-2H3. The summed E-state index contributed by atoms with van der Waals surface area (Å²) in [6.07, 6.45) is 5.06. The fourth-order valence-electron chi connectivity index (χ4n) is 4.32. The SMILES string of the molecule is COc1ccc(CCC(=O)N2CCN(c3nc(C)cc(N4CCCCC4)n3)CC2)cc1. The molecule has 7 nitrogen and oxygen atoms in total. The molecule has 2 saturated heterocycles. The molecule has 1 amide bonds. The van der Waals surface area contributed by atoms with Crippen LogP contribution in [0.3, 0.4) is 0 Å². The van der Waals surface area contributed by atoms with Crippen LogP contribution in [0, 0.1) is 6.92 Å². The van der Waals surface area contributed by atoms with Crippen molar-refractivity contribution in [2.45, 2.75) is 39.0 Å². The number of amides is 1. The van der Waals surface area contributed by atoms with Crippen molar-refractivity contribution in [3.8, 4) is 5.75 Å². The highest BCUT2D eigenvalue weighted by Crippen LogP contribution is 2.22. The highest BCUT2D eigenvalue weighted by Gasteiger charge is 2.23. The lowest BCUT2D eigenvalue weighted by atomic mass is 10.1. The lowest BCUT2D eigenvalue weighted by Gasteiger charge is -2.35. The van der Waals surface area contributed by atoms with Crippen LogP contribution in [0.5, 0.6) is 5.75 Å². The Hall–Kier alpha value is -2.83. The minimum Gasteiger partial charge on any atom is -0.497 e. The second-order valence-corrected chi connectivity index (χ2v) is 8.43. The molecule has 2 aromatic rings. The Balaban J connectivity index is 1.30. The summed E-state index contributed by atoms with van der Waals surface area (Å²) >= 11 is 0. The molecule has 2 aliphatic heterocycles. The third-order valence-corrected chi connectivity index (χ3v) is 6.21. The van der Waals surface area contributed by atoms with Crippen molar-refractivity contribution >= 4 is 17.7 Å². The Morgan fingerprint density at radius 2 is 1.65 bits per heavy atom. The zero-order valence-electron chi connectivity index (χ0n) is 18.7. The normalized spacial score (nSPS) is 17.0. The second kappa shape index (κ2) is 9.98. The number of nitrogens with zero attached hydrogens (tertiary/aromatic N) is 5. The van der Waals surface area contributed by atoms with Crippen LogP contribution in [0.4, 0.5) is 11.8 Å². The van der Waals surface area contributed by atoms with E-state index in [1.807, 2.05) is 36.1 Å². The highest BCUT2D eigenvalue weighted by molar-refractivity contribution is 5.76. The van der Waals surface area contributed by atoms with Gasteiger partial charge >= 0.3 is 0 Å². The number of aromatic nitrogens is 2. The zero-order chi connectivity index (χ0) is 21.6. The summed E-state index contributed by atoms with van der Waals surface area (Å²) < 4.78 is 5.19. The summed E-state index contributed by atoms with van der Waals surface area (Å²) in [6.45, 7) is 7.18. The van der Waals surface area contributed by atoms with Crippen LogP contribution in [0.25, 0.3) is 0 Å². The van der Waals surface area contributed by atoms with E-state index in [2.05, 4.69) is 20.9 Å². The first kappa shape index (κ1) is 21.4. The van der Waals surface area contributed by atoms with Crippen molar-refractivity contribution < 1.29 is 9.53 Å². The van der Waals surface area contributed by atoms with Gasteiger partial charge in [-0.2, -0.15) is 4.98 Å². The molecule has 7 heteroatoms. The average Bonchev–Trinajstić information content (AvgIpc) is 2.83. The Bertz CT molecular complexity index is 872. The van der Waals surface area contributed by atoms with Gasteiger partial charge in [-0.3, -0.25) is 4.79 Å². The first-order valence-electron chi connectivity index (χ1n) is 11.4. The summed E-state index contributed by atoms with van der Waals surface area (Å²) in [5.74, 6) is 2.90. The van der Waals surface area contributed by atoms with Crippen LogP contribution >= 0.6 is 0 Å². The van der Waals surface area contributed by atoms with Gasteiger partial charge in [0.05, 0.1) is 7.11 Å². The molecule has 2 fully saturated rings. The number of piperazine rings is 1. The second-order valence-electron chi connectivity index (χ2n) is 8.43. The molecule has 166 valence electrons. The maximum atomic E-state index is 12.7. The minimum atomic E-state index is 0.217. The number of anilines is 2. The Morgan fingerprint density at radius 1 is 0.935 bits per heavy atom. The Kier molecular flexibility index (Phi) is 6.89. The number of hydrogen-bond acceptors (Lipinski definition) is 6. The van der Waals surface area contributed by atoms with Crippen molar-refractivity contribution in [1.29, 1.82) is 0 Å². The van der Waals surface area contributed by atoms with Crippen LogP contribution in [0.2, 0.25) is 0 Å². The smallest absolute Gasteiger partial charge is 0.227 e. The van der Waals surface area contributed by atoms with Gasteiger partial charge in [0.25, 0.3) is 0 Å². The fourth-order valence-corrected chi connectivity index (χ4v) is 4.32. The van der Waals surface area contributed by atoms with Gasteiger partial charge in [0.1, 0.15) is 11.6 Å². The third kappa shape index (κ3) is 5.46. The predicted molar refractivity (Wildman–Crippen MR) is 123 cm³/mol. The monoisotopic (exact) mass is 423 g/mol. The van der Waals surface area contributed by atoms with Gasteiger partial charge < -0.3 is 19.4 Å². The number of hydrogen-bond donors (Lipinski definition) is 0. The molecule has 0 aliphatic carbocycles. The van der Waals surface area contributed by atoms with Crippen LogP contribution in [-0.2, 0) is 11.2 Å². The molecule has 2 aliphatic rings. The van der Waals surface area contributed by atoms with E-state index < -0.39 is 0 Å². The fraction of sp³-hybridized carbons (Fsp3) is 0.542. The van der Waals surface area contributed by atoms with E-state index in [-0.39, 0.29) is 5.91 Å². The molecule has 0 spiro atoms. The number of carbonyl (C=O) groups excluding carboxylic acids is 1. The van der Waals surface area contributed by atoms with Gasteiger partial charge in [0.2, 0.25) is 11.9 Å². The van der Waals surface area contributed by atoms with E-state index >= 15 is 0 Å². The minimum absolute atomic E-state index is 0.217. The number of piperidine rings is 1. The Labute approximate surface area is 185 Å². The van der Waals surface area contributed by atoms with E-state index in [1.165, 1.54) is 19.3 Å². The Morgan fingerprint density at radius 3 is 2.32 bits per heavy atom. The topological polar surface area (TPSA) is 61.8 Å². The van der Waals surface area contributed by atoms with Gasteiger partial charge in [0, 0.05) is 57.4 Å². The third-order valence-electron chi connectivity index (χ3n) is 6.21. The van der Waals surface area contributed by atoms with Crippen molar-refractivity contribution in [2.75, 3.05) is 56.2 Å². The lowest BCUT2D eigenvalue weighted by Crippen LogP contribution is -2.49. The van der Waals surface area contributed by atoms with Crippen molar-refractivity contribution in [3.63, 3.8) is 0 Å². The van der Waals surface area contributed by atoms with Gasteiger partial charge in [0.15, 0.2) is 0 Å². The highest BCUT2D eigenvalue weighted by atomic mass is 16.5. The first-order valence-corrected chi connectivity index (χ1v) is 11.4. The van der Waals surface area contributed by atoms with Gasteiger partial charge in [-0.05, 0) is 50.3 Å². The summed E-state index contributed by atoms with van der Waals surface area (Å²) in [4.78, 5) is 28.8. The zero-order valence-corrected chi connectivity index (χ0v) is 18.7. The molecule has 4 rings (SSSR count). The molecule has 1 aromatic heterocycles. The van der Waals surface area contributed by atoms with E-state index in [0.29, 0.717) is 6.42 Å². The first-order chi connectivity index (χ1) is 15.1. The number of ether oxygens (including phenoxy) is 1. The number of methoxy groups -OCH3 is 1. The molecular formula is C24H33N5O2. The van der Waals surface area contributed by atoms with Gasteiger partial charge in [-0.25, -0.2) is 4.98 Å². The molecule has 0 saturated carbocycles. The van der Waals surface area contributed by atoms with E-state index in [1.54, 1.807) is 7.11 Å². The maximum Gasteiger partial charge on any atom is 0.227 e. The van der Waals surface area contributed by atoms with Crippen LogP contribution < -0.4 is 14.5 Å². The van der Waals surface area contributed by atoms with Crippen LogP contribution in [0.1, 0.15) is 36.9 Å². The number of benzene rings is 1. The molecule has 0 N–H and O–H groups in total. The average molecular weight is 424 g/mol. The van der Waals surface area contributed by atoms with Crippen molar-refractivity contribution in [1.82, 2.24) is 14.9 Å². The molecule has 0 atom stereocenters. The lowest BCUT2D eigenvalue weighted by molar-refractivity contribution is -0.131. The number of carbonyl (C=O) groups is 1. The molecule has 3 heterocycles. The van der Waals surface area contributed by atoms with Crippen molar-refractivity contribution in [2.24, 2.45) is 0 Å². The number of aryl methyl sites for hydroxylation is 2. The summed E-state index contributed by atoms with van der Waals surface area (Å²) in [7, 11) is 1.66. The quantitative estimate of drug-likeness (QED) is 0.712. The van der Waals surface area contributed by atoms with E-state index in [0.717, 1.165) is 74.5 Å². The largest absolute Gasteiger partial charge is 0.497 e. The predicted octanol–water partition coefficient (Wildman–Crippen LogP) is 3.07. The molecule has 1 aromatic carbocycles. The molecule has 0 radical (unpaired) electrons. The van der Waals surface area contributed by atoms with Gasteiger partial charge in [-0.15, -0.1) is 0 Å². The molecule has 31 heavy (non-hydrogen) atoms. The van der Waals surface area contributed by atoms with Gasteiger partial charge in [-0.1, -0.05) is 12.1 Å². The summed E-state index contributed by atoms with van der Waals surface area (Å²) in [6, 6.07) is 10.0. The van der Waals surface area contributed by atoms with E-state index in [9.17, 15) is 4.79 Å². The molecular weight excluding hydrogens is 390 g/mol. The van der Waals surface area contributed by atoms with Crippen LogP contribution in [-0.4, -0.2) is 67.2 Å². The molecule has 0 unspecified atom stereocenters. The van der Waals surface area contributed by atoms with Crippen LogP contribution in [0.15, 0.2) is 30.3 Å². The summed E-state index contributed by atoms with van der Waals surface area (Å²) in [5, 5.41) is 0. The molecule has 0 bridgehead atoms. The van der Waals surface area contributed by atoms with Crippen molar-refractivity contribution in [3.05, 3.63) is 41.6 Å². The summed E-state index contributed by atoms with van der Waals surface area (Å²) in [5.41, 5.74) is 2.16. The maximum absolute atomic E-state index is 12.7.